The Morgan fingerprint density at radius 3 is 2.77 bits per heavy atom. The van der Waals surface area contributed by atoms with Gasteiger partial charge in [0.05, 0.1) is 18.9 Å². The number of halogens is 1. The minimum atomic E-state index is -0.436. The van der Waals surface area contributed by atoms with Gasteiger partial charge in [0.15, 0.2) is 5.13 Å². The normalized spacial score (nSPS) is 10.8. The summed E-state index contributed by atoms with van der Waals surface area (Å²) in [5.74, 6) is -0.0972. The first-order valence-corrected chi connectivity index (χ1v) is 9.61. The number of carbonyl (C=O) groups excluding carboxylic acids is 2. The summed E-state index contributed by atoms with van der Waals surface area (Å²) in [5, 5.41) is 3.00. The van der Waals surface area contributed by atoms with Crippen LogP contribution < -0.4 is 10.1 Å². The van der Waals surface area contributed by atoms with Crippen LogP contribution in [0.2, 0.25) is 0 Å². The topological polar surface area (TPSA) is 77.5 Å². The van der Waals surface area contributed by atoms with Crippen LogP contribution in [0.3, 0.4) is 0 Å². The molecule has 0 saturated heterocycles. The molecule has 1 amide bonds. The fraction of sp³-hybridized carbons (Fsp3) is 0.278. The van der Waals surface area contributed by atoms with E-state index in [4.69, 9.17) is 9.47 Å². The lowest BCUT2D eigenvalue weighted by Gasteiger charge is -2.07. The first kappa shape index (κ1) is 20.1. The molecule has 26 heavy (non-hydrogen) atoms. The zero-order valence-corrected chi connectivity index (χ0v) is 17.1. The Morgan fingerprint density at radius 1 is 1.31 bits per heavy atom. The molecule has 0 atom stereocenters. The van der Waals surface area contributed by atoms with Crippen LogP contribution in [-0.4, -0.2) is 30.1 Å². The van der Waals surface area contributed by atoms with Gasteiger partial charge in [-0.15, -0.1) is 0 Å². The number of benzene rings is 1. The molecule has 0 aliphatic heterocycles. The third-order valence-corrected chi connectivity index (χ3v) is 4.72. The molecule has 2 aromatic rings. The molecular formula is C18H19BrN2O4S. The number of carbonyl (C=O) groups is 2. The standard InChI is InChI=1S/C18H19BrN2O4S/c1-4-24-14-8-7-13(19)10-12(14)6-9-15(22)21-18-20-11(3)16(26-18)17(23)25-5-2/h6-10H,4-5H2,1-3H3,(H,20,21,22). The average molecular weight is 439 g/mol. The fourth-order valence-electron chi connectivity index (χ4n) is 2.08. The van der Waals surface area contributed by atoms with Gasteiger partial charge in [-0.1, -0.05) is 27.3 Å². The number of aromatic nitrogens is 1. The largest absolute Gasteiger partial charge is 0.493 e. The fourth-order valence-corrected chi connectivity index (χ4v) is 3.33. The maximum absolute atomic E-state index is 12.2. The number of rotatable bonds is 7. The second kappa shape index (κ2) is 9.49. The molecule has 2 rings (SSSR count). The summed E-state index contributed by atoms with van der Waals surface area (Å²) in [6, 6.07) is 5.57. The molecular weight excluding hydrogens is 420 g/mol. The molecule has 0 saturated carbocycles. The van der Waals surface area contributed by atoms with Gasteiger partial charge >= 0.3 is 5.97 Å². The Kier molecular flexibility index (Phi) is 7.35. The molecule has 0 aliphatic rings. The van der Waals surface area contributed by atoms with Crippen LogP contribution in [0.5, 0.6) is 5.75 Å². The van der Waals surface area contributed by atoms with Crippen LogP contribution in [0.4, 0.5) is 5.13 Å². The lowest BCUT2D eigenvalue weighted by atomic mass is 10.2. The summed E-state index contributed by atoms with van der Waals surface area (Å²) in [5.41, 5.74) is 1.30. The number of thiazole rings is 1. The summed E-state index contributed by atoms with van der Waals surface area (Å²) in [6.07, 6.45) is 3.06. The molecule has 1 heterocycles. The zero-order valence-electron chi connectivity index (χ0n) is 14.7. The molecule has 0 unspecified atom stereocenters. The van der Waals surface area contributed by atoms with Crippen LogP contribution >= 0.6 is 27.3 Å². The van der Waals surface area contributed by atoms with E-state index in [1.807, 2.05) is 25.1 Å². The van der Waals surface area contributed by atoms with E-state index in [2.05, 4.69) is 26.2 Å². The Bertz CT molecular complexity index is 833. The van der Waals surface area contributed by atoms with E-state index in [9.17, 15) is 9.59 Å². The third-order valence-electron chi connectivity index (χ3n) is 3.17. The Hall–Kier alpha value is -2.19. The van der Waals surface area contributed by atoms with Crippen molar-refractivity contribution in [1.82, 2.24) is 4.98 Å². The van der Waals surface area contributed by atoms with Crippen molar-refractivity contribution in [3.63, 3.8) is 0 Å². The highest BCUT2D eigenvalue weighted by molar-refractivity contribution is 9.10. The SMILES string of the molecule is CCOC(=O)c1sc(NC(=O)C=Cc2cc(Br)ccc2OCC)nc1C. The van der Waals surface area contributed by atoms with Crippen molar-refractivity contribution in [2.24, 2.45) is 0 Å². The quantitative estimate of drug-likeness (QED) is 0.510. The van der Waals surface area contributed by atoms with Crippen molar-refractivity contribution in [3.8, 4) is 5.75 Å². The second-order valence-electron chi connectivity index (χ2n) is 5.09. The van der Waals surface area contributed by atoms with Crippen molar-refractivity contribution in [2.45, 2.75) is 20.8 Å². The highest BCUT2D eigenvalue weighted by atomic mass is 79.9. The summed E-state index contributed by atoms with van der Waals surface area (Å²) in [7, 11) is 0. The molecule has 6 nitrogen and oxygen atoms in total. The van der Waals surface area contributed by atoms with Crippen LogP contribution in [-0.2, 0) is 9.53 Å². The van der Waals surface area contributed by atoms with Gasteiger partial charge in [-0.3, -0.25) is 10.1 Å². The number of esters is 1. The smallest absolute Gasteiger partial charge is 0.350 e. The first-order valence-electron chi connectivity index (χ1n) is 8.00. The van der Waals surface area contributed by atoms with E-state index >= 15 is 0 Å². The van der Waals surface area contributed by atoms with Gasteiger partial charge in [-0.25, -0.2) is 9.78 Å². The number of nitrogens with one attached hydrogen (secondary N) is 1. The number of hydrogen-bond acceptors (Lipinski definition) is 6. The predicted octanol–water partition coefficient (Wildman–Crippen LogP) is 4.44. The summed E-state index contributed by atoms with van der Waals surface area (Å²) < 4.78 is 11.4. The number of hydrogen-bond donors (Lipinski definition) is 1. The molecule has 8 heteroatoms. The van der Waals surface area contributed by atoms with Crippen molar-refractivity contribution in [1.29, 1.82) is 0 Å². The van der Waals surface area contributed by atoms with Crippen LogP contribution in [0.15, 0.2) is 28.7 Å². The molecule has 0 bridgehead atoms. The molecule has 0 radical (unpaired) electrons. The summed E-state index contributed by atoms with van der Waals surface area (Å²) >= 11 is 4.49. The van der Waals surface area contributed by atoms with Crippen molar-refractivity contribution in [3.05, 3.63) is 44.9 Å². The molecule has 1 aromatic carbocycles. The van der Waals surface area contributed by atoms with Gasteiger partial charge in [-0.05, 0) is 45.0 Å². The molecule has 138 valence electrons. The second-order valence-corrected chi connectivity index (χ2v) is 7.01. The highest BCUT2D eigenvalue weighted by Gasteiger charge is 2.17. The lowest BCUT2D eigenvalue weighted by molar-refractivity contribution is -0.111. The number of ether oxygens (including phenoxy) is 2. The molecule has 1 aromatic heterocycles. The monoisotopic (exact) mass is 438 g/mol. The van der Waals surface area contributed by atoms with Crippen LogP contribution in [0, 0.1) is 6.92 Å². The maximum atomic E-state index is 12.2. The van der Waals surface area contributed by atoms with E-state index < -0.39 is 5.97 Å². The average Bonchev–Trinajstić information content (AvgIpc) is 2.95. The molecule has 0 aliphatic carbocycles. The highest BCUT2D eigenvalue weighted by Crippen LogP contribution is 2.25. The third kappa shape index (κ3) is 5.40. The van der Waals surface area contributed by atoms with Gasteiger partial charge in [0.2, 0.25) is 5.91 Å². The van der Waals surface area contributed by atoms with Crippen LogP contribution in [0.25, 0.3) is 6.08 Å². The van der Waals surface area contributed by atoms with E-state index in [1.54, 1.807) is 19.9 Å². The van der Waals surface area contributed by atoms with Gasteiger partial charge < -0.3 is 9.47 Å². The van der Waals surface area contributed by atoms with Crippen molar-refractivity contribution >= 4 is 50.4 Å². The lowest BCUT2D eigenvalue weighted by Crippen LogP contribution is -2.07. The molecule has 0 spiro atoms. The number of nitrogens with zero attached hydrogens (tertiary/aromatic N) is 1. The van der Waals surface area contributed by atoms with E-state index in [0.717, 1.165) is 21.4 Å². The summed E-state index contributed by atoms with van der Waals surface area (Å²) in [6.45, 7) is 6.15. The van der Waals surface area contributed by atoms with Crippen molar-refractivity contribution < 1.29 is 19.1 Å². The van der Waals surface area contributed by atoms with Crippen molar-refractivity contribution in [2.75, 3.05) is 18.5 Å². The van der Waals surface area contributed by atoms with E-state index in [0.29, 0.717) is 28.1 Å². The van der Waals surface area contributed by atoms with E-state index in [1.165, 1.54) is 6.08 Å². The van der Waals surface area contributed by atoms with E-state index in [-0.39, 0.29) is 12.5 Å². The number of aryl methyl sites for hydroxylation is 1. The van der Waals surface area contributed by atoms with Gasteiger partial charge in [-0.2, -0.15) is 0 Å². The predicted molar refractivity (Wildman–Crippen MR) is 106 cm³/mol. The summed E-state index contributed by atoms with van der Waals surface area (Å²) in [4.78, 5) is 28.5. The number of amides is 1. The van der Waals surface area contributed by atoms with Crippen LogP contribution in [0.1, 0.15) is 34.8 Å². The molecule has 0 fully saturated rings. The molecule has 1 N–H and O–H groups in total. The zero-order chi connectivity index (χ0) is 19.1. The number of anilines is 1. The Morgan fingerprint density at radius 2 is 2.08 bits per heavy atom. The van der Waals surface area contributed by atoms with Gasteiger partial charge in [0.25, 0.3) is 0 Å². The maximum Gasteiger partial charge on any atom is 0.350 e. The minimum absolute atomic E-state index is 0.287. The Labute approximate surface area is 164 Å². The first-order chi connectivity index (χ1) is 12.4. The van der Waals surface area contributed by atoms with Gasteiger partial charge in [0, 0.05) is 16.1 Å². The Balaban J connectivity index is 2.10. The van der Waals surface area contributed by atoms with Gasteiger partial charge in [0.1, 0.15) is 10.6 Å². The minimum Gasteiger partial charge on any atom is -0.493 e.